The molecule has 0 saturated carbocycles. The van der Waals surface area contributed by atoms with Gasteiger partial charge in [-0.15, -0.1) is 0 Å². The van der Waals surface area contributed by atoms with Gasteiger partial charge in [-0.25, -0.2) is 17.9 Å². The van der Waals surface area contributed by atoms with E-state index in [1.807, 2.05) is 0 Å². The number of aliphatic imine (C=N–C) groups is 1. The van der Waals surface area contributed by atoms with E-state index in [9.17, 15) is 17.8 Å². The van der Waals surface area contributed by atoms with Crippen LogP contribution in [0.4, 0.5) is 13.2 Å². The highest BCUT2D eigenvalue weighted by molar-refractivity contribution is 7.96. The number of pyridine rings is 2. The van der Waals surface area contributed by atoms with Gasteiger partial charge in [-0.3, -0.25) is 14.8 Å². The van der Waals surface area contributed by atoms with Crippen LogP contribution in [0.15, 0.2) is 39.8 Å². The lowest BCUT2D eigenvalue weighted by Crippen LogP contribution is -2.58. The van der Waals surface area contributed by atoms with Gasteiger partial charge in [-0.1, -0.05) is 0 Å². The number of carbonyl (C=O) groups is 1. The number of hydrogen-bond donors (Lipinski definition) is 1. The Balaban J connectivity index is 1.67. The molecule has 34 heavy (non-hydrogen) atoms. The summed E-state index contributed by atoms with van der Waals surface area (Å²) in [5, 5.41) is -0.598. The number of ether oxygens (including phenoxy) is 1. The van der Waals surface area contributed by atoms with E-state index in [-0.39, 0.29) is 35.1 Å². The third-order valence-electron chi connectivity index (χ3n) is 6.36. The number of halogens is 3. The number of carbonyl (C=O) groups excluding carboxylic acids is 1. The summed E-state index contributed by atoms with van der Waals surface area (Å²) < 4.78 is 61.1. The number of hydrogen-bond acceptors (Lipinski definition) is 8. The van der Waals surface area contributed by atoms with Crippen LogP contribution in [0, 0.1) is 5.82 Å². The predicted molar refractivity (Wildman–Crippen MR) is 120 cm³/mol. The summed E-state index contributed by atoms with van der Waals surface area (Å²) in [7, 11) is -2.87. The highest BCUT2D eigenvalue weighted by Crippen LogP contribution is 2.47. The summed E-state index contributed by atoms with van der Waals surface area (Å²) in [6, 6.07) is 5.01. The molecule has 2 aromatic heterocycles. The van der Waals surface area contributed by atoms with Crippen LogP contribution in [-0.2, 0) is 21.7 Å². The standard InChI is InChI=1S/C22H24F3N5O3S/c1-21(2)19(26)30-22(3,17-8-9-28-34(17,21)32)18-14(23)6-4-12(29-18)10-16(31)15-7-5-13(11-27-15)33-20(24)25/h4-7,11,17,20H,8-10H2,1-3H3,(H2,26,30)/t17-,22+,34-/m1/s1. The zero-order valence-electron chi connectivity index (χ0n) is 18.8. The first-order chi connectivity index (χ1) is 15.9. The molecule has 2 aliphatic heterocycles. The number of alkyl halides is 2. The van der Waals surface area contributed by atoms with Crippen LogP contribution in [0.2, 0.25) is 0 Å². The van der Waals surface area contributed by atoms with Crippen molar-refractivity contribution in [1.82, 2.24) is 9.97 Å². The Morgan fingerprint density at radius 2 is 2.00 bits per heavy atom. The van der Waals surface area contributed by atoms with Crippen LogP contribution in [-0.4, -0.2) is 48.9 Å². The van der Waals surface area contributed by atoms with Crippen molar-refractivity contribution in [2.45, 2.75) is 55.8 Å². The van der Waals surface area contributed by atoms with Gasteiger partial charge in [0.05, 0.1) is 27.6 Å². The van der Waals surface area contributed by atoms with E-state index in [4.69, 9.17) is 5.73 Å². The summed E-state index contributed by atoms with van der Waals surface area (Å²) in [5.41, 5.74) is 5.07. The molecule has 2 aromatic rings. The maximum Gasteiger partial charge on any atom is 0.387 e. The molecule has 0 unspecified atom stereocenters. The van der Waals surface area contributed by atoms with E-state index in [1.54, 1.807) is 20.8 Å². The number of nitrogens with zero attached hydrogens (tertiary/aromatic N) is 4. The maximum absolute atomic E-state index is 15.0. The maximum atomic E-state index is 15.0. The number of nitrogens with two attached hydrogens (primary N) is 1. The fourth-order valence-corrected chi connectivity index (χ4v) is 7.53. The Hall–Kier alpha value is -3.02. The molecule has 0 spiro atoms. The molecule has 0 radical (unpaired) electrons. The first kappa shape index (κ1) is 24.1. The Bertz CT molecular complexity index is 1290. The van der Waals surface area contributed by atoms with Crippen molar-refractivity contribution in [2.75, 3.05) is 6.54 Å². The molecule has 3 atom stereocenters. The van der Waals surface area contributed by atoms with E-state index in [1.165, 1.54) is 24.3 Å². The van der Waals surface area contributed by atoms with Crippen LogP contribution >= 0.6 is 0 Å². The lowest BCUT2D eigenvalue weighted by molar-refractivity contribution is -0.0500. The molecule has 0 amide bonds. The molecule has 0 bridgehead atoms. The van der Waals surface area contributed by atoms with Crippen LogP contribution in [0.3, 0.4) is 0 Å². The SMILES string of the molecule is CC1(C)C(N)=N[C@](C)(c2nc(CC(=O)c3ccc(OC(F)F)cn3)ccc2F)[C@H]2CCN=[S@@]21=O. The Labute approximate surface area is 195 Å². The summed E-state index contributed by atoms with van der Waals surface area (Å²) >= 11 is 0. The summed E-state index contributed by atoms with van der Waals surface area (Å²) in [5.74, 6) is -1.18. The number of ketones is 1. The zero-order chi connectivity index (χ0) is 24.9. The van der Waals surface area contributed by atoms with Gasteiger partial charge in [0.15, 0.2) is 5.78 Å². The van der Waals surface area contributed by atoms with Gasteiger partial charge in [-0.2, -0.15) is 8.78 Å². The minimum atomic E-state index is -3.00. The first-order valence-electron chi connectivity index (χ1n) is 10.6. The molecule has 8 nitrogen and oxygen atoms in total. The summed E-state index contributed by atoms with van der Waals surface area (Å²) in [6.07, 6.45) is 1.24. The quantitative estimate of drug-likeness (QED) is 0.615. The lowest BCUT2D eigenvalue weighted by Gasteiger charge is -2.44. The van der Waals surface area contributed by atoms with E-state index >= 15 is 4.39 Å². The lowest BCUT2D eigenvalue weighted by atomic mass is 9.89. The molecule has 182 valence electrons. The van der Waals surface area contributed by atoms with Gasteiger partial charge >= 0.3 is 6.61 Å². The first-order valence-corrected chi connectivity index (χ1v) is 12.1. The molecular weight excluding hydrogens is 471 g/mol. The summed E-state index contributed by atoms with van der Waals surface area (Å²) in [4.78, 5) is 25.5. The third-order valence-corrected chi connectivity index (χ3v) is 10.1. The van der Waals surface area contributed by atoms with E-state index in [0.717, 1.165) is 6.20 Å². The zero-order valence-corrected chi connectivity index (χ0v) is 19.6. The second kappa shape index (κ2) is 8.33. The number of amidine groups is 1. The second-order valence-electron chi connectivity index (χ2n) is 8.84. The van der Waals surface area contributed by atoms with Gasteiger partial charge in [-0.05, 0) is 51.5 Å². The van der Waals surface area contributed by atoms with Crippen LogP contribution in [0.1, 0.15) is 49.1 Å². The van der Waals surface area contributed by atoms with Crippen LogP contribution < -0.4 is 10.5 Å². The molecule has 4 heterocycles. The van der Waals surface area contributed by atoms with Gasteiger partial charge < -0.3 is 10.5 Å². The fourth-order valence-electron chi connectivity index (χ4n) is 4.39. The fraction of sp³-hybridized carbons (Fsp3) is 0.455. The van der Waals surface area contributed by atoms with E-state index < -0.39 is 43.5 Å². The molecule has 0 aromatic carbocycles. The van der Waals surface area contributed by atoms with Crippen molar-refractivity contribution in [3.05, 3.63) is 53.4 Å². The van der Waals surface area contributed by atoms with Crippen molar-refractivity contribution in [3.8, 4) is 5.75 Å². The number of fused-ring (bicyclic) bond motifs is 1. The smallest absolute Gasteiger partial charge is 0.387 e. The van der Waals surface area contributed by atoms with Gasteiger partial charge in [0.2, 0.25) is 0 Å². The van der Waals surface area contributed by atoms with Crippen molar-refractivity contribution < 1.29 is 26.9 Å². The van der Waals surface area contributed by atoms with E-state index in [2.05, 4.69) is 24.1 Å². The Kier molecular flexibility index (Phi) is 5.91. The number of Topliss-reactive ketones (excluding diaryl/α,β-unsaturated/α-hetero) is 1. The molecule has 0 aliphatic carbocycles. The average Bonchev–Trinajstić information content (AvgIpc) is 3.18. The molecule has 2 aliphatic rings. The monoisotopic (exact) mass is 495 g/mol. The van der Waals surface area contributed by atoms with Gasteiger partial charge in [0.1, 0.15) is 39.1 Å². The molecule has 2 N–H and O–H groups in total. The molecule has 0 fully saturated rings. The molecule has 12 heteroatoms. The van der Waals surface area contributed by atoms with Crippen LogP contribution in [0.25, 0.3) is 0 Å². The topological polar surface area (TPSA) is 120 Å². The minimum Gasteiger partial charge on any atom is -0.433 e. The van der Waals surface area contributed by atoms with Gasteiger partial charge in [0, 0.05) is 12.2 Å². The van der Waals surface area contributed by atoms with Crippen molar-refractivity contribution >= 4 is 21.3 Å². The number of aromatic nitrogens is 2. The Morgan fingerprint density at radius 3 is 2.65 bits per heavy atom. The Morgan fingerprint density at radius 1 is 1.26 bits per heavy atom. The van der Waals surface area contributed by atoms with Crippen LogP contribution in [0.5, 0.6) is 5.75 Å². The minimum absolute atomic E-state index is 0.0137. The summed E-state index contributed by atoms with van der Waals surface area (Å²) in [6.45, 7) is 2.43. The normalized spacial score (nSPS) is 27.6. The third kappa shape index (κ3) is 3.83. The van der Waals surface area contributed by atoms with Crippen molar-refractivity contribution in [1.29, 1.82) is 0 Å². The average molecular weight is 496 g/mol. The highest BCUT2D eigenvalue weighted by atomic mass is 32.2. The van der Waals surface area contributed by atoms with Crippen molar-refractivity contribution in [3.63, 3.8) is 0 Å². The molecule has 4 rings (SSSR count). The van der Waals surface area contributed by atoms with E-state index in [0.29, 0.717) is 13.0 Å². The second-order valence-corrected chi connectivity index (χ2v) is 11.8. The largest absolute Gasteiger partial charge is 0.433 e. The van der Waals surface area contributed by atoms with Crippen molar-refractivity contribution in [2.24, 2.45) is 15.1 Å². The predicted octanol–water partition coefficient (Wildman–Crippen LogP) is 3.25. The highest BCUT2D eigenvalue weighted by Gasteiger charge is 2.57. The molecule has 0 saturated heterocycles. The van der Waals surface area contributed by atoms with Gasteiger partial charge in [0.25, 0.3) is 0 Å². The molecular formula is C22H24F3N5O3S. The number of rotatable bonds is 6.